The summed E-state index contributed by atoms with van der Waals surface area (Å²) in [4.78, 5) is 15.7. The Morgan fingerprint density at radius 1 is 1.20 bits per heavy atom. The quantitative estimate of drug-likeness (QED) is 0.681. The van der Waals surface area contributed by atoms with Crippen LogP contribution in [0.5, 0.6) is 0 Å². The molecule has 4 heteroatoms. The molecule has 1 aromatic rings. The van der Waals surface area contributed by atoms with Crippen molar-refractivity contribution in [3.63, 3.8) is 0 Å². The van der Waals surface area contributed by atoms with Crippen molar-refractivity contribution in [2.75, 3.05) is 26.7 Å². The summed E-state index contributed by atoms with van der Waals surface area (Å²) in [7, 11) is 1.74. The van der Waals surface area contributed by atoms with Gasteiger partial charge in [-0.1, -0.05) is 24.3 Å². The van der Waals surface area contributed by atoms with E-state index >= 15 is 0 Å². The fraction of sp³-hybridized carbons (Fsp3) is 0.312. The van der Waals surface area contributed by atoms with Crippen LogP contribution in [-0.2, 0) is 11.3 Å². The topological polar surface area (TPSA) is 23.6 Å². The number of rotatable bonds is 8. The van der Waals surface area contributed by atoms with Crippen LogP contribution >= 0.6 is 0 Å². The molecule has 0 aliphatic heterocycles. The van der Waals surface area contributed by atoms with Crippen molar-refractivity contribution < 1.29 is 9.18 Å². The highest BCUT2D eigenvalue weighted by Gasteiger charge is 2.13. The zero-order valence-corrected chi connectivity index (χ0v) is 11.9. The van der Waals surface area contributed by atoms with Crippen LogP contribution in [0.15, 0.2) is 49.6 Å². The monoisotopic (exact) mass is 276 g/mol. The van der Waals surface area contributed by atoms with Crippen LogP contribution in [0.4, 0.5) is 4.39 Å². The molecule has 1 aromatic carbocycles. The Morgan fingerprint density at radius 3 is 2.25 bits per heavy atom. The first kappa shape index (κ1) is 16.1. The largest absolute Gasteiger partial charge is 0.340 e. The van der Waals surface area contributed by atoms with Gasteiger partial charge in [0.05, 0.1) is 6.54 Å². The molecule has 0 saturated heterocycles. The van der Waals surface area contributed by atoms with E-state index < -0.39 is 0 Å². The standard InChI is InChI=1S/C16H21FN2O/c1-4-10-19(11-5-2)13-16(20)18(3)12-14-6-8-15(17)9-7-14/h4-9H,1-2,10-13H2,3H3. The lowest BCUT2D eigenvalue weighted by molar-refractivity contribution is -0.131. The number of halogens is 1. The van der Waals surface area contributed by atoms with E-state index in [9.17, 15) is 9.18 Å². The zero-order chi connectivity index (χ0) is 15.0. The van der Waals surface area contributed by atoms with Gasteiger partial charge in [0.15, 0.2) is 0 Å². The Hall–Kier alpha value is -1.94. The molecule has 0 atom stereocenters. The van der Waals surface area contributed by atoms with E-state index in [1.807, 2.05) is 4.90 Å². The molecule has 0 saturated carbocycles. The molecule has 0 heterocycles. The van der Waals surface area contributed by atoms with Crippen molar-refractivity contribution >= 4 is 5.91 Å². The van der Waals surface area contributed by atoms with E-state index in [-0.39, 0.29) is 11.7 Å². The van der Waals surface area contributed by atoms with Gasteiger partial charge in [-0.3, -0.25) is 9.69 Å². The van der Waals surface area contributed by atoms with Gasteiger partial charge >= 0.3 is 0 Å². The summed E-state index contributed by atoms with van der Waals surface area (Å²) in [5, 5.41) is 0. The highest BCUT2D eigenvalue weighted by Crippen LogP contribution is 2.06. The minimum absolute atomic E-state index is 0.0121. The molecule has 1 amide bonds. The second-order valence-electron chi connectivity index (χ2n) is 4.65. The van der Waals surface area contributed by atoms with Crippen LogP contribution in [0.25, 0.3) is 0 Å². The molecule has 0 fully saturated rings. The fourth-order valence-electron chi connectivity index (χ4n) is 1.83. The first-order valence-electron chi connectivity index (χ1n) is 6.49. The lowest BCUT2D eigenvalue weighted by Crippen LogP contribution is -2.38. The first-order valence-corrected chi connectivity index (χ1v) is 6.49. The molecular weight excluding hydrogens is 255 g/mol. The number of hydrogen-bond acceptors (Lipinski definition) is 2. The van der Waals surface area contributed by atoms with Crippen molar-refractivity contribution in [1.82, 2.24) is 9.80 Å². The molecule has 0 aliphatic rings. The Kier molecular flexibility index (Phi) is 6.67. The van der Waals surface area contributed by atoms with E-state index in [4.69, 9.17) is 0 Å². The normalized spacial score (nSPS) is 10.3. The van der Waals surface area contributed by atoms with Crippen LogP contribution in [0.3, 0.4) is 0 Å². The van der Waals surface area contributed by atoms with Gasteiger partial charge in [-0.2, -0.15) is 0 Å². The van der Waals surface area contributed by atoms with Gasteiger partial charge in [0, 0.05) is 26.7 Å². The molecule has 0 unspecified atom stereocenters. The predicted molar refractivity (Wildman–Crippen MR) is 79.7 cm³/mol. The first-order chi connectivity index (χ1) is 9.56. The van der Waals surface area contributed by atoms with Crippen molar-refractivity contribution in [2.45, 2.75) is 6.54 Å². The fourth-order valence-corrected chi connectivity index (χ4v) is 1.83. The van der Waals surface area contributed by atoms with Crippen LogP contribution in [-0.4, -0.2) is 42.4 Å². The van der Waals surface area contributed by atoms with Gasteiger partial charge in [0.2, 0.25) is 5.91 Å². The van der Waals surface area contributed by atoms with Gasteiger partial charge in [0.1, 0.15) is 5.82 Å². The van der Waals surface area contributed by atoms with E-state index in [1.54, 1.807) is 36.2 Å². The minimum atomic E-state index is -0.272. The third-order valence-corrected chi connectivity index (χ3v) is 2.89. The van der Waals surface area contributed by atoms with Crippen molar-refractivity contribution in [1.29, 1.82) is 0 Å². The molecule has 0 N–H and O–H groups in total. The Balaban J connectivity index is 2.54. The second-order valence-corrected chi connectivity index (χ2v) is 4.65. The van der Waals surface area contributed by atoms with Gasteiger partial charge < -0.3 is 4.90 Å². The lowest BCUT2D eigenvalue weighted by Gasteiger charge is -2.23. The third kappa shape index (κ3) is 5.36. The summed E-state index contributed by atoms with van der Waals surface area (Å²) >= 11 is 0. The second kappa shape index (κ2) is 8.27. The Labute approximate surface area is 120 Å². The maximum absolute atomic E-state index is 12.8. The van der Waals surface area contributed by atoms with Gasteiger partial charge in [-0.25, -0.2) is 4.39 Å². The van der Waals surface area contributed by atoms with Crippen LogP contribution in [0.2, 0.25) is 0 Å². The molecule has 0 bridgehead atoms. The molecule has 0 aromatic heterocycles. The Morgan fingerprint density at radius 2 is 1.75 bits per heavy atom. The zero-order valence-electron chi connectivity index (χ0n) is 11.9. The van der Waals surface area contributed by atoms with Gasteiger partial charge in [-0.15, -0.1) is 13.2 Å². The molecule has 0 spiro atoms. The number of carbonyl (C=O) groups is 1. The average molecular weight is 276 g/mol. The molecule has 0 aliphatic carbocycles. The van der Waals surface area contributed by atoms with Gasteiger partial charge in [0.25, 0.3) is 0 Å². The molecule has 1 rings (SSSR count). The van der Waals surface area contributed by atoms with Gasteiger partial charge in [-0.05, 0) is 17.7 Å². The van der Waals surface area contributed by atoms with E-state index in [0.717, 1.165) is 5.56 Å². The highest BCUT2D eigenvalue weighted by molar-refractivity contribution is 5.78. The van der Waals surface area contributed by atoms with Crippen LogP contribution in [0.1, 0.15) is 5.56 Å². The summed E-state index contributed by atoms with van der Waals surface area (Å²) in [5.74, 6) is -0.260. The number of likely N-dealkylation sites (N-methyl/N-ethyl adjacent to an activating group) is 1. The summed E-state index contributed by atoms with van der Waals surface area (Å²) in [5.41, 5.74) is 0.904. The van der Waals surface area contributed by atoms with Crippen LogP contribution < -0.4 is 0 Å². The van der Waals surface area contributed by atoms with E-state index in [1.165, 1.54) is 12.1 Å². The predicted octanol–water partition coefficient (Wildman–Crippen LogP) is 2.46. The maximum Gasteiger partial charge on any atom is 0.236 e. The average Bonchev–Trinajstić information content (AvgIpc) is 2.42. The molecule has 20 heavy (non-hydrogen) atoms. The number of carbonyl (C=O) groups excluding carboxylic acids is 1. The summed E-state index contributed by atoms with van der Waals surface area (Å²) in [6, 6.07) is 6.17. The van der Waals surface area contributed by atoms with Crippen molar-refractivity contribution in [2.24, 2.45) is 0 Å². The highest BCUT2D eigenvalue weighted by atomic mass is 19.1. The number of benzene rings is 1. The third-order valence-electron chi connectivity index (χ3n) is 2.89. The lowest BCUT2D eigenvalue weighted by atomic mass is 10.2. The van der Waals surface area contributed by atoms with E-state index in [2.05, 4.69) is 13.2 Å². The maximum atomic E-state index is 12.8. The molecule has 108 valence electrons. The minimum Gasteiger partial charge on any atom is -0.340 e. The Bertz CT molecular complexity index is 446. The molecular formula is C16H21FN2O. The summed E-state index contributed by atoms with van der Waals surface area (Å²) in [6.45, 7) is 9.41. The molecule has 0 radical (unpaired) electrons. The summed E-state index contributed by atoms with van der Waals surface area (Å²) in [6.07, 6.45) is 3.52. The summed E-state index contributed by atoms with van der Waals surface area (Å²) < 4.78 is 12.8. The van der Waals surface area contributed by atoms with Crippen molar-refractivity contribution in [3.8, 4) is 0 Å². The number of nitrogens with zero attached hydrogens (tertiary/aromatic N) is 2. The van der Waals surface area contributed by atoms with Crippen molar-refractivity contribution in [3.05, 3.63) is 61.0 Å². The van der Waals surface area contributed by atoms with Crippen LogP contribution in [0, 0.1) is 5.82 Å². The van der Waals surface area contributed by atoms with E-state index in [0.29, 0.717) is 26.2 Å². The molecule has 3 nitrogen and oxygen atoms in total. The number of amides is 1. The smallest absolute Gasteiger partial charge is 0.236 e. The SMILES string of the molecule is C=CCN(CC=C)CC(=O)N(C)Cc1ccc(F)cc1. The number of hydrogen-bond donors (Lipinski definition) is 0.